The quantitative estimate of drug-likeness (QED) is 0.750. The minimum absolute atomic E-state index is 0. The summed E-state index contributed by atoms with van der Waals surface area (Å²) in [7, 11) is 1.68. The van der Waals surface area contributed by atoms with Gasteiger partial charge in [-0.2, -0.15) is 0 Å². The van der Waals surface area contributed by atoms with Gasteiger partial charge in [0.1, 0.15) is 6.04 Å². The lowest BCUT2D eigenvalue weighted by Crippen LogP contribution is -2.53. The van der Waals surface area contributed by atoms with Crippen LogP contribution < -0.4 is 5.32 Å². The molecule has 130 valence electrons. The predicted octanol–water partition coefficient (Wildman–Crippen LogP) is 0.433. The summed E-state index contributed by atoms with van der Waals surface area (Å²) in [5.74, 6) is -0.0678. The van der Waals surface area contributed by atoms with E-state index < -0.39 is 6.10 Å². The number of likely N-dealkylation sites (N-methyl/N-ethyl adjacent to an activating group) is 1. The van der Waals surface area contributed by atoms with Crippen LogP contribution in [0.3, 0.4) is 0 Å². The molecule has 1 aliphatic heterocycles. The molecule has 0 spiro atoms. The van der Waals surface area contributed by atoms with Gasteiger partial charge in [0.25, 0.3) is 0 Å². The third-order valence-electron chi connectivity index (χ3n) is 3.50. The molecule has 1 aliphatic rings. The van der Waals surface area contributed by atoms with Gasteiger partial charge in [-0.25, -0.2) is 0 Å². The van der Waals surface area contributed by atoms with Gasteiger partial charge in [-0.05, 0) is 5.56 Å². The highest BCUT2D eigenvalue weighted by Gasteiger charge is 2.25. The molecule has 1 fully saturated rings. The first-order valence-electron chi connectivity index (χ1n) is 7.52. The van der Waals surface area contributed by atoms with Gasteiger partial charge in [0.2, 0.25) is 5.91 Å². The molecule has 1 heterocycles. The van der Waals surface area contributed by atoms with Crippen molar-refractivity contribution in [3.05, 3.63) is 35.9 Å². The topological polar surface area (TPSA) is 71.0 Å². The van der Waals surface area contributed by atoms with Crippen molar-refractivity contribution >= 4 is 18.3 Å². The Hall–Kier alpha value is -1.18. The van der Waals surface area contributed by atoms with Gasteiger partial charge in [0.05, 0.1) is 32.5 Å². The number of nitrogens with one attached hydrogen (secondary N) is 1. The summed E-state index contributed by atoms with van der Waals surface area (Å²) in [6.45, 7) is 2.57. The molecule has 2 atom stereocenters. The van der Waals surface area contributed by atoms with Crippen LogP contribution in [0, 0.1) is 0 Å². The van der Waals surface area contributed by atoms with Crippen molar-refractivity contribution < 1.29 is 19.4 Å². The maximum atomic E-state index is 12.2. The summed E-state index contributed by atoms with van der Waals surface area (Å²) in [4.78, 5) is 13.7. The zero-order chi connectivity index (χ0) is 15.8. The molecule has 0 bridgehead atoms. The van der Waals surface area contributed by atoms with E-state index in [4.69, 9.17) is 9.47 Å². The van der Waals surface area contributed by atoms with Crippen molar-refractivity contribution in [2.45, 2.75) is 18.8 Å². The van der Waals surface area contributed by atoms with Gasteiger partial charge < -0.3 is 24.8 Å². The molecular weight excluding hydrogens is 320 g/mol. The lowest BCUT2D eigenvalue weighted by molar-refractivity contribution is -0.136. The van der Waals surface area contributed by atoms with Gasteiger partial charge in [-0.15, -0.1) is 12.4 Å². The number of benzene rings is 1. The Labute approximate surface area is 143 Å². The molecule has 2 N–H and O–H groups in total. The standard InChI is InChI=1S/C16H24N2O4.ClH/c1-18(16(20)15-12-21-8-7-17-15)9-14(19)11-22-10-13-5-3-2-4-6-13;/h2-6,14-15,17,19H,7-12H2,1H3;1H. The lowest BCUT2D eigenvalue weighted by Gasteiger charge is -2.28. The van der Waals surface area contributed by atoms with Gasteiger partial charge in [-0.1, -0.05) is 30.3 Å². The normalized spacial score (nSPS) is 18.8. The van der Waals surface area contributed by atoms with E-state index in [1.807, 2.05) is 30.3 Å². The molecule has 0 radical (unpaired) electrons. The maximum absolute atomic E-state index is 12.2. The number of amides is 1. The van der Waals surface area contributed by atoms with Crippen molar-refractivity contribution in [1.82, 2.24) is 10.2 Å². The van der Waals surface area contributed by atoms with Crippen LogP contribution in [0.1, 0.15) is 5.56 Å². The van der Waals surface area contributed by atoms with E-state index in [-0.39, 0.29) is 37.5 Å². The van der Waals surface area contributed by atoms with Gasteiger partial charge >= 0.3 is 0 Å². The number of nitrogens with zero attached hydrogens (tertiary/aromatic N) is 1. The van der Waals surface area contributed by atoms with Crippen LogP contribution in [0.15, 0.2) is 30.3 Å². The van der Waals surface area contributed by atoms with E-state index in [0.717, 1.165) is 5.56 Å². The van der Waals surface area contributed by atoms with Crippen LogP contribution in [0.4, 0.5) is 0 Å². The average molecular weight is 345 g/mol. The number of halogens is 1. The first-order chi connectivity index (χ1) is 10.7. The third-order valence-corrected chi connectivity index (χ3v) is 3.50. The zero-order valence-corrected chi connectivity index (χ0v) is 14.1. The summed E-state index contributed by atoms with van der Waals surface area (Å²) in [6, 6.07) is 9.45. The van der Waals surface area contributed by atoms with Crippen LogP contribution in [-0.4, -0.2) is 68.0 Å². The van der Waals surface area contributed by atoms with Gasteiger partial charge in [0.15, 0.2) is 0 Å². The van der Waals surface area contributed by atoms with Crippen LogP contribution >= 0.6 is 12.4 Å². The number of hydrogen-bond acceptors (Lipinski definition) is 5. The molecule has 1 saturated heterocycles. The van der Waals surface area contributed by atoms with E-state index in [9.17, 15) is 9.90 Å². The highest BCUT2D eigenvalue weighted by Crippen LogP contribution is 2.03. The van der Waals surface area contributed by atoms with E-state index in [2.05, 4.69) is 5.32 Å². The smallest absolute Gasteiger partial charge is 0.241 e. The van der Waals surface area contributed by atoms with Crippen LogP contribution in [0.5, 0.6) is 0 Å². The monoisotopic (exact) mass is 344 g/mol. The fraction of sp³-hybridized carbons (Fsp3) is 0.562. The first-order valence-corrected chi connectivity index (χ1v) is 7.52. The Balaban J connectivity index is 0.00000264. The minimum Gasteiger partial charge on any atom is -0.389 e. The van der Waals surface area contributed by atoms with Crippen LogP contribution in [-0.2, 0) is 20.9 Å². The second kappa shape index (κ2) is 10.6. The number of aliphatic hydroxyl groups excluding tert-OH is 1. The highest BCUT2D eigenvalue weighted by atomic mass is 35.5. The van der Waals surface area contributed by atoms with Crippen LogP contribution in [0.2, 0.25) is 0 Å². The van der Waals surface area contributed by atoms with E-state index >= 15 is 0 Å². The Bertz CT molecular complexity index is 455. The Morgan fingerprint density at radius 3 is 2.87 bits per heavy atom. The molecule has 0 aliphatic carbocycles. The summed E-state index contributed by atoms with van der Waals surface area (Å²) in [6.07, 6.45) is -0.706. The molecule has 7 heteroatoms. The van der Waals surface area contributed by atoms with Gasteiger partial charge in [-0.3, -0.25) is 4.79 Å². The Kier molecular flexibility index (Phi) is 9.13. The second-order valence-corrected chi connectivity index (χ2v) is 5.45. The molecule has 1 aromatic carbocycles. The van der Waals surface area contributed by atoms with Crippen molar-refractivity contribution in [3.8, 4) is 0 Å². The number of hydrogen-bond donors (Lipinski definition) is 2. The Morgan fingerprint density at radius 1 is 1.48 bits per heavy atom. The van der Waals surface area contributed by atoms with E-state index in [0.29, 0.717) is 26.4 Å². The predicted molar refractivity (Wildman–Crippen MR) is 89.6 cm³/mol. The van der Waals surface area contributed by atoms with Crippen molar-refractivity contribution in [2.75, 3.05) is 40.0 Å². The van der Waals surface area contributed by atoms with Gasteiger partial charge in [0, 0.05) is 20.1 Å². The number of carbonyl (C=O) groups excluding carboxylic acids is 1. The number of rotatable bonds is 7. The number of aliphatic hydroxyl groups is 1. The second-order valence-electron chi connectivity index (χ2n) is 5.45. The largest absolute Gasteiger partial charge is 0.389 e. The summed E-state index contributed by atoms with van der Waals surface area (Å²) < 4.78 is 10.8. The number of morpholine rings is 1. The van der Waals surface area contributed by atoms with Crippen molar-refractivity contribution in [3.63, 3.8) is 0 Å². The van der Waals surface area contributed by atoms with Crippen molar-refractivity contribution in [2.24, 2.45) is 0 Å². The molecule has 2 rings (SSSR count). The third kappa shape index (κ3) is 6.85. The molecule has 1 amide bonds. The minimum atomic E-state index is -0.706. The fourth-order valence-electron chi connectivity index (χ4n) is 2.34. The average Bonchev–Trinajstić information content (AvgIpc) is 2.56. The highest BCUT2D eigenvalue weighted by molar-refractivity contribution is 5.85. The first kappa shape index (κ1) is 19.9. The lowest BCUT2D eigenvalue weighted by atomic mass is 10.2. The van der Waals surface area contributed by atoms with Crippen LogP contribution in [0.25, 0.3) is 0 Å². The number of carbonyl (C=O) groups is 1. The summed E-state index contributed by atoms with van der Waals surface area (Å²) in [5, 5.41) is 13.1. The van der Waals surface area contributed by atoms with E-state index in [1.54, 1.807) is 7.05 Å². The molecule has 0 saturated carbocycles. The van der Waals surface area contributed by atoms with E-state index in [1.165, 1.54) is 4.90 Å². The SMILES string of the molecule is CN(CC(O)COCc1ccccc1)C(=O)C1COCCN1.Cl. The summed E-state index contributed by atoms with van der Waals surface area (Å²) in [5.41, 5.74) is 1.06. The Morgan fingerprint density at radius 2 is 2.22 bits per heavy atom. The summed E-state index contributed by atoms with van der Waals surface area (Å²) >= 11 is 0. The maximum Gasteiger partial charge on any atom is 0.241 e. The zero-order valence-electron chi connectivity index (χ0n) is 13.3. The van der Waals surface area contributed by atoms with Crippen molar-refractivity contribution in [1.29, 1.82) is 0 Å². The molecule has 1 aromatic rings. The molecule has 0 aromatic heterocycles. The number of ether oxygens (including phenoxy) is 2. The molecule has 23 heavy (non-hydrogen) atoms. The molecular formula is C16H25ClN2O4. The fourth-order valence-corrected chi connectivity index (χ4v) is 2.34. The molecule has 2 unspecified atom stereocenters. The molecule has 6 nitrogen and oxygen atoms in total.